The highest BCUT2D eigenvalue weighted by Gasteiger charge is 2.38. The molecule has 0 bridgehead atoms. The minimum absolute atomic E-state index is 0.449. The Hall–Kier alpha value is -1.37. The van der Waals surface area contributed by atoms with Gasteiger partial charge < -0.3 is 4.74 Å². The molecule has 1 N–H and O–H groups in total. The molecule has 1 aliphatic heterocycles. The fraction of sp³-hybridized carbons (Fsp3) is 0.364. The lowest BCUT2D eigenvalue weighted by molar-refractivity contribution is -0.0444. The van der Waals surface area contributed by atoms with Crippen LogP contribution in [0.15, 0.2) is 30.3 Å². The smallest absolute Gasteiger partial charge is 0.154 e. The summed E-state index contributed by atoms with van der Waals surface area (Å²) in [6.45, 7) is 1.71. The van der Waals surface area contributed by atoms with Crippen LogP contribution in [0.4, 0.5) is 0 Å². The molecule has 1 aromatic rings. The summed E-state index contributed by atoms with van der Waals surface area (Å²) in [6, 6.07) is 12.3. The minimum Gasteiger partial charge on any atom is -0.375 e. The summed E-state index contributed by atoms with van der Waals surface area (Å²) in [5.41, 5.74) is 0.740. The quantitative estimate of drug-likeness (QED) is 0.771. The molecule has 0 unspecified atom stereocenters. The molecule has 14 heavy (non-hydrogen) atoms. The third kappa shape index (κ3) is 1.77. The summed E-state index contributed by atoms with van der Waals surface area (Å²) < 4.78 is 5.03. The number of nitrogens with zero attached hydrogens (tertiary/aromatic N) is 1. The van der Waals surface area contributed by atoms with E-state index in [0.717, 1.165) is 6.54 Å². The van der Waals surface area contributed by atoms with Gasteiger partial charge in [-0.3, -0.25) is 5.32 Å². The van der Waals surface area contributed by atoms with Crippen LogP contribution < -0.4 is 5.32 Å². The molecule has 0 aromatic heterocycles. The van der Waals surface area contributed by atoms with E-state index in [-0.39, 0.29) is 0 Å². The highest BCUT2D eigenvalue weighted by Crippen LogP contribution is 2.16. The maximum Gasteiger partial charge on any atom is 0.154 e. The zero-order chi connectivity index (χ0) is 9.86. The van der Waals surface area contributed by atoms with Gasteiger partial charge in [-0.1, -0.05) is 30.3 Å². The molecule has 1 aliphatic rings. The van der Waals surface area contributed by atoms with Gasteiger partial charge in [0.25, 0.3) is 0 Å². The van der Waals surface area contributed by atoms with Crippen LogP contribution in [0.25, 0.3) is 0 Å². The molecule has 0 spiro atoms. The molecule has 2 rings (SSSR count). The van der Waals surface area contributed by atoms with Crippen molar-refractivity contribution in [2.24, 2.45) is 0 Å². The molecular formula is C11H12N2O. The van der Waals surface area contributed by atoms with Crippen LogP contribution in [-0.2, 0) is 11.3 Å². The Morgan fingerprint density at radius 3 is 2.57 bits per heavy atom. The fourth-order valence-corrected chi connectivity index (χ4v) is 1.38. The van der Waals surface area contributed by atoms with Gasteiger partial charge in [0, 0.05) is 6.54 Å². The largest absolute Gasteiger partial charge is 0.375 e. The topological polar surface area (TPSA) is 45.0 Å². The van der Waals surface area contributed by atoms with Crippen molar-refractivity contribution in [1.29, 1.82) is 5.26 Å². The molecule has 0 radical (unpaired) electrons. The van der Waals surface area contributed by atoms with Crippen LogP contribution >= 0.6 is 0 Å². The number of hydrogen-bond acceptors (Lipinski definition) is 3. The van der Waals surface area contributed by atoms with E-state index >= 15 is 0 Å². The predicted octanol–water partition coefficient (Wildman–Crippen LogP) is 1.07. The summed E-state index contributed by atoms with van der Waals surface area (Å²) in [4.78, 5) is 0. The van der Waals surface area contributed by atoms with E-state index in [1.165, 1.54) is 5.56 Å². The summed E-state index contributed by atoms with van der Waals surface area (Å²) >= 11 is 0. The number of rotatable bonds is 3. The molecule has 3 heteroatoms. The van der Waals surface area contributed by atoms with E-state index in [9.17, 15) is 0 Å². The summed E-state index contributed by atoms with van der Waals surface area (Å²) in [7, 11) is 0. The molecule has 1 heterocycles. The first kappa shape index (κ1) is 9.20. The Morgan fingerprint density at radius 2 is 2.07 bits per heavy atom. The van der Waals surface area contributed by atoms with Crippen LogP contribution in [0.2, 0.25) is 0 Å². The Balaban J connectivity index is 1.92. The van der Waals surface area contributed by atoms with Gasteiger partial charge >= 0.3 is 0 Å². The number of hydrogen-bond donors (Lipinski definition) is 1. The highest BCUT2D eigenvalue weighted by molar-refractivity contribution is 5.18. The number of ether oxygens (including phenoxy) is 1. The maximum atomic E-state index is 8.92. The van der Waals surface area contributed by atoms with E-state index < -0.39 is 5.54 Å². The molecule has 3 nitrogen and oxygen atoms in total. The Kier molecular flexibility index (Phi) is 2.49. The Bertz CT molecular complexity index is 338. The Morgan fingerprint density at radius 1 is 1.36 bits per heavy atom. The molecule has 1 fully saturated rings. The summed E-state index contributed by atoms with van der Waals surface area (Å²) in [5, 5.41) is 12.1. The van der Waals surface area contributed by atoms with E-state index in [4.69, 9.17) is 10.00 Å². The molecule has 0 atom stereocenters. The van der Waals surface area contributed by atoms with Crippen molar-refractivity contribution >= 4 is 0 Å². The molecule has 0 amide bonds. The molecule has 0 aliphatic carbocycles. The lowest BCUT2D eigenvalue weighted by Gasteiger charge is -2.35. The molecular weight excluding hydrogens is 176 g/mol. The maximum absolute atomic E-state index is 8.92. The average molecular weight is 188 g/mol. The van der Waals surface area contributed by atoms with Gasteiger partial charge in [0.2, 0.25) is 0 Å². The first-order chi connectivity index (χ1) is 6.85. The normalized spacial score (nSPS) is 18.2. The van der Waals surface area contributed by atoms with Crippen LogP contribution in [0.1, 0.15) is 5.56 Å². The van der Waals surface area contributed by atoms with Gasteiger partial charge in [0.1, 0.15) is 0 Å². The van der Waals surface area contributed by atoms with Crippen LogP contribution in [-0.4, -0.2) is 18.8 Å². The first-order valence-electron chi connectivity index (χ1n) is 4.63. The van der Waals surface area contributed by atoms with E-state index in [2.05, 4.69) is 11.4 Å². The van der Waals surface area contributed by atoms with E-state index in [0.29, 0.717) is 13.2 Å². The predicted molar refractivity (Wildman–Crippen MR) is 52.4 cm³/mol. The second kappa shape index (κ2) is 3.79. The summed E-state index contributed by atoms with van der Waals surface area (Å²) in [6.07, 6.45) is 0. The second-order valence-corrected chi connectivity index (χ2v) is 3.53. The fourth-order valence-electron chi connectivity index (χ4n) is 1.38. The third-order valence-corrected chi connectivity index (χ3v) is 2.38. The van der Waals surface area contributed by atoms with Crippen molar-refractivity contribution < 1.29 is 4.74 Å². The first-order valence-corrected chi connectivity index (χ1v) is 4.63. The van der Waals surface area contributed by atoms with Crippen molar-refractivity contribution in [2.75, 3.05) is 13.2 Å². The SMILES string of the molecule is N#CC1(NCc2ccccc2)COC1. The standard InChI is InChI=1S/C11H12N2O/c12-7-11(8-14-9-11)13-6-10-4-2-1-3-5-10/h1-5,13H,6,8-9H2. The molecule has 1 saturated heterocycles. The van der Waals surface area contributed by atoms with Crippen molar-refractivity contribution in [3.63, 3.8) is 0 Å². The third-order valence-electron chi connectivity index (χ3n) is 2.38. The lowest BCUT2D eigenvalue weighted by Crippen LogP contribution is -2.59. The van der Waals surface area contributed by atoms with Crippen LogP contribution in [0.5, 0.6) is 0 Å². The van der Waals surface area contributed by atoms with E-state index in [1.807, 2.05) is 30.3 Å². The summed E-state index contributed by atoms with van der Waals surface area (Å²) in [5.74, 6) is 0. The van der Waals surface area contributed by atoms with Gasteiger partial charge in [-0.2, -0.15) is 5.26 Å². The zero-order valence-corrected chi connectivity index (χ0v) is 7.86. The van der Waals surface area contributed by atoms with Gasteiger partial charge in [-0.05, 0) is 5.56 Å². The van der Waals surface area contributed by atoms with Crippen molar-refractivity contribution in [2.45, 2.75) is 12.1 Å². The zero-order valence-electron chi connectivity index (χ0n) is 7.86. The van der Waals surface area contributed by atoms with Gasteiger partial charge in [-0.25, -0.2) is 0 Å². The lowest BCUT2D eigenvalue weighted by atomic mass is 9.99. The van der Waals surface area contributed by atoms with Gasteiger partial charge in [-0.15, -0.1) is 0 Å². The van der Waals surface area contributed by atoms with Gasteiger partial charge in [0.15, 0.2) is 5.54 Å². The van der Waals surface area contributed by atoms with Crippen LogP contribution in [0, 0.1) is 11.3 Å². The minimum atomic E-state index is -0.449. The van der Waals surface area contributed by atoms with Crippen molar-refractivity contribution in [3.8, 4) is 6.07 Å². The van der Waals surface area contributed by atoms with Crippen LogP contribution in [0.3, 0.4) is 0 Å². The van der Waals surface area contributed by atoms with E-state index in [1.54, 1.807) is 0 Å². The monoisotopic (exact) mass is 188 g/mol. The molecule has 0 saturated carbocycles. The number of benzene rings is 1. The molecule has 72 valence electrons. The Labute approximate surface area is 83.3 Å². The van der Waals surface area contributed by atoms with Crippen molar-refractivity contribution in [3.05, 3.63) is 35.9 Å². The molecule has 1 aromatic carbocycles. The van der Waals surface area contributed by atoms with Gasteiger partial charge in [0.05, 0.1) is 19.3 Å². The van der Waals surface area contributed by atoms with Crippen molar-refractivity contribution in [1.82, 2.24) is 5.32 Å². The highest BCUT2D eigenvalue weighted by atomic mass is 16.5. The number of nitriles is 1. The average Bonchev–Trinajstić information content (AvgIpc) is 2.19. The number of nitrogens with one attached hydrogen (secondary N) is 1. The second-order valence-electron chi connectivity index (χ2n) is 3.53.